The summed E-state index contributed by atoms with van der Waals surface area (Å²) in [7, 11) is 1.94. The van der Waals surface area contributed by atoms with Gasteiger partial charge < -0.3 is 15.2 Å². The van der Waals surface area contributed by atoms with Crippen molar-refractivity contribution in [2.75, 3.05) is 32.0 Å². The van der Waals surface area contributed by atoms with Crippen LogP contribution in [-0.4, -0.2) is 58.4 Å². The maximum Gasteiger partial charge on any atom is 0.335 e. The first-order valence-electron chi connectivity index (χ1n) is 12.7. The van der Waals surface area contributed by atoms with Crippen molar-refractivity contribution >= 4 is 28.9 Å². The molecule has 0 radical (unpaired) electrons. The van der Waals surface area contributed by atoms with Gasteiger partial charge in [0.15, 0.2) is 0 Å². The van der Waals surface area contributed by atoms with E-state index in [0.717, 1.165) is 41.5 Å². The minimum atomic E-state index is -0.928. The van der Waals surface area contributed by atoms with E-state index in [2.05, 4.69) is 15.2 Å². The highest BCUT2D eigenvalue weighted by atomic mass is 32.1. The second-order valence-electron chi connectivity index (χ2n) is 9.22. The van der Waals surface area contributed by atoms with E-state index in [9.17, 15) is 9.59 Å². The lowest BCUT2D eigenvalue weighted by Crippen LogP contribution is -2.33. The summed E-state index contributed by atoms with van der Waals surface area (Å²) in [5.41, 5.74) is 2.04. The van der Waals surface area contributed by atoms with Crippen LogP contribution in [0.3, 0.4) is 0 Å². The Hall–Kier alpha value is -4.05. The molecule has 0 aliphatic heterocycles. The van der Waals surface area contributed by atoms with E-state index < -0.39 is 5.97 Å². The Morgan fingerprint density at radius 1 is 0.923 bits per heavy atom. The fourth-order valence-electron chi connectivity index (χ4n) is 4.07. The molecule has 8 nitrogen and oxygen atoms in total. The van der Waals surface area contributed by atoms with E-state index >= 15 is 0 Å². The average molecular weight is 545 g/mol. The van der Waals surface area contributed by atoms with Crippen LogP contribution in [0.15, 0.2) is 90.4 Å². The Morgan fingerprint density at radius 3 is 2.31 bits per heavy atom. The van der Waals surface area contributed by atoms with Gasteiger partial charge in [-0.3, -0.25) is 14.6 Å². The van der Waals surface area contributed by atoms with Crippen molar-refractivity contribution in [3.63, 3.8) is 0 Å². The summed E-state index contributed by atoms with van der Waals surface area (Å²) in [6, 6.07) is 23.9. The largest absolute Gasteiger partial charge is 0.478 e. The number of amides is 1. The van der Waals surface area contributed by atoms with Crippen molar-refractivity contribution < 1.29 is 19.4 Å². The fourth-order valence-corrected chi connectivity index (χ4v) is 4.72. The quantitative estimate of drug-likeness (QED) is 0.213. The van der Waals surface area contributed by atoms with Gasteiger partial charge in [-0.1, -0.05) is 30.3 Å². The van der Waals surface area contributed by atoms with Gasteiger partial charge in [0.2, 0.25) is 5.91 Å². The first-order chi connectivity index (χ1) is 18.9. The molecule has 1 aromatic heterocycles. The lowest BCUT2D eigenvalue weighted by molar-refractivity contribution is -0.117. The number of para-hydroxylation sites is 1. The molecular formula is C30H32N4O4S. The van der Waals surface area contributed by atoms with Crippen molar-refractivity contribution in [1.82, 2.24) is 14.8 Å². The molecule has 0 aliphatic rings. The molecule has 0 fully saturated rings. The number of carbonyl (C=O) groups excluding carboxylic acids is 1. The number of benzene rings is 3. The molecule has 0 aliphatic carbocycles. The average Bonchev–Trinajstić information content (AvgIpc) is 3.44. The summed E-state index contributed by atoms with van der Waals surface area (Å²) in [5, 5.41) is 15.1. The first kappa shape index (κ1) is 28.0. The molecule has 0 spiro atoms. The molecule has 0 unspecified atom stereocenters. The number of likely N-dealkylation sites (N-methyl/N-ethyl adjacent to an activating group) is 1. The molecule has 9 heteroatoms. The summed E-state index contributed by atoms with van der Waals surface area (Å²) in [6.07, 6.45) is 2.67. The molecule has 2 N–H and O–H groups in total. The number of aromatic carboxylic acids is 1. The van der Waals surface area contributed by atoms with Gasteiger partial charge in [-0.2, -0.15) is 0 Å². The summed E-state index contributed by atoms with van der Waals surface area (Å²) in [4.78, 5) is 32.4. The van der Waals surface area contributed by atoms with Crippen LogP contribution in [0.1, 0.15) is 27.3 Å². The van der Waals surface area contributed by atoms with Crippen LogP contribution in [0.25, 0.3) is 0 Å². The van der Waals surface area contributed by atoms with Crippen LogP contribution >= 0.6 is 11.3 Å². The highest BCUT2D eigenvalue weighted by molar-refractivity contribution is 7.09. The van der Waals surface area contributed by atoms with Crippen molar-refractivity contribution in [2.45, 2.75) is 19.5 Å². The van der Waals surface area contributed by atoms with Gasteiger partial charge >= 0.3 is 5.97 Å². The Bertz CT molecular complexity index is 1310. The number of carboxylic acid groups (broad SMARTS) is 1. The topological polar surface area (TPSA) is 95.0 Å². The summed E-state index contributed by atoms with van der Waals surface area (Å²) < 4.78 is 5.80. The first-order valence-corrected chi connectivity index (χ1v) is 13.6. The Labute approximate surface area is 232 Å². The molecule has 0 bridgehead atoms. The highest BCUT2D eigenvalue weighted by Crippen LogP contribution is 2.22. The van der Waals surface area contributed by atoms with E-state index in [0.29, 0.717) is 18.8 Å². The van der Waals surface area contributed by atoms with Crippen LogP contribution in [0.4, 0.5) is 5.69 Å². The number of hydrogen-bond acceptors (Lipinski definition) is 7. The normalized spacial score (nSPS) is 11.1. The van der Waals surface area contributed by atoms with Gasteiger partial charge in [-0.05, 0) is 74.1 Å². The second-order valence-corrected chi connectivity index (χ2v) is 10.2. The van der Waals surface area contributed by atoms with Crippen molar-refractivity contribution in [2.24, 2.45) is 0 Å². The molecule has 4 aromatic rings. The van der Waals surface area contributed by atoms with E-state index in [1.807, 2.05) is 84.1 Å². The maximum atomic E-state index is 12.6. The molecule has 3 aromatic carbocycles. The maximum absolute atomic E-state index is 12.6. The number of thiazole rings is 1. The van der Waals surface area contributed by atoms with Crippen LogP contribution in [0.2, 0.25) is 0 Å². The zero-order chi connectivity index (χ0) is 27.5. The van der Waals surface area contributed by atoms with E-state index in [-0.39, 0.29) is 18.0 Å². The Balaban J connectivity index is 1.22. The lowest BCUT2D eigenvalue weighted by Gasteiger charge is -2.23. The third kappa shape index (κ3) is 9.33. The minimum absolute atomic E-state index is 0.0765. The molecule has 4 rings (SSSR count). The predicted molar refractivity (Wildman–Crippen MR) is 153 cm³/mol. The number of ether oxygens (including phenoxy) is 1. The number of anilines is 1. The third-order valence-corrected chi connectivity index (χ3v) is 6.76. The zero-order valence-corrected chi connectivity index (χ0v) is 22.6. The summed E-state index contributed by atoms with van der Waals surface area (Å²) >= 11 is 1.62. The third-order valence-electron chi connectivity index (χ3n) is 5.99. The van der Waals surface area contributed by atoms with Crippen LogP contribution in [-0.2, 0) is 17.9 Å². The van der Waals surface area contributed by atoms with E-state index in [1.54, 1.807) is 29.7 Å². The minimum Gasteiger partial charge on any atom is -0.478 e. The van der Waals surface area contributed by atoms with Gasteiger partial charge in [0.05, 0.1) is 18.7 Å². The van der Waals surface area contributed by atoms with E-state index in [1.165, 1.54) is 0 Å². The van der Waals surface area contributed by atoms with Gasteiger partial charge in [0.25, 0.3) is 0 Å². The smallest absolute Gasteiger partial charge is 0.335 e. The number of aromatic nitrogens is 1. The molecular weight excluding hydrogens is 512 g/mol. The number of rotatable bonds is 14. The number of hydrogen-bond donors (Lipinski definition) is 2. The zero-order valence-electron chi connectivity index (χ0n) is 21.8. The standard InChI is InChI=1S/C30H32N4O4S/c1-33(21-28(35)32-25-12-14-27(15-13-25)38-26-6-3-2-4-7-26)17-5-18-34(22-29-31-16-19-39-29)20-23-8-10-24(11-9-23)30(36)37/h2-4,6-16,19H,5,17-18,20-22H2,1H3,(H,32,35)(H,36,37). The van der Waals surface area contributed by atoms with E-state index in [4.69, 9.17) is 9.84 Å². The summed E-state index contributed by atoms with van der Waals surface area (Å²) in [5.74, 6) is 0.461. The predicted octanol–water partition coefficient (Wildman–Crippen LogP) is 5.60. The van der Waals surface area contributed by atoms with Gasteiger partial charge in [-0.15, -0.1) is 11.3 Å². The Kier molecular flexibility index (Phi) is 10.2. The molecule has 202 valence electrons. The molecule has 0 atom stereocenters. The van der Waals surface area contributed by atoms with Crippen LogP contribution in [0, 0.1) is 0 Å². The lowest BCUT2D eigenvalue weighted by atomic mass is 10.1. The molecule has 1 heterocycles. The molecule has 0 saturated heterocycles. The molecule has 39 heavy (non-hydrogen) atoms. The van der Waals surface area contributed by atoms with Crippen LogP contribution < -0.4 is 10.1 Å². The number of carbonyl (C=O) groups is 2. The van der Waals surface area contributed by atoms with Crippen molar-refractivity contribution in [3.8, 4) is 11.5 Å². The second kappa shape index (κ2) is 14.2. The monoisotopic (exact) mass is 544 g/mol. The summed E-state index contributed by atoms with van der Waals surface area (Å²) in [6.45, 7) is 3.25. The van der Waals surface area contributed by atoms with Gasteiger partial charge in [0, 0.05) is 30.4 Å². The molecule has 0 saturated carbocycles. The number of nitrogens with zero attached hydrogens (tertiary/aromatic N) is 3. The van der Waals surface area contributed by atoms with Gasteiger partial charge in [-0.25, -0.2) is 9.78 Å². The number of nitrogens with one attached hydrogen (secondary N) is 1. The SMILES string of the molecule is CN(CCCN(Cc1ccc(C(=O)O)cc1)Cc1nccs1)CC(=O)Nc1ccc(Oc2ccccc2)cc1. The fraction of sp³-hybridized carbons (Fsp3) is 0.233. The van der Waals surface area contributed by atoms with Crippen LogP contribution in [0.5, 0.6) is 11.5 Å². The van der Waals surface area contributed by atoms with Crippen molar-refractivity contribution in [3.05, 3.63) is 107 Å². The highest BCUT2D eigenvalue weighted by Gasteiger charge is 2.12. The van der Waals surface area contributed by atoms with Gasteiger partial charge in [0.1, 0.15) is 16.5 Å². The molecule has 1 amide bonds. The van der Waals surface area contributed by atoms with Crippen molar-refractivity contribution in [1.29, 1.82) is 0 Å². The number of carboxylic acids is 1. The Morgan fingerprint density at radius 2 is 1.64 bits per heavy atom.